The van der Waals surface area contributed by atoms with Gasteiger partial charge >= 0.3 is 0 Å². The summed E-state index contributed by atoms with van der Waals surface area (Å²) in [6.45, 7) is 10.1. The summed E-state index contributed by atoms with van der Waals surface area (Å²) in [7, 11) is 0. The molecule has 1 heteroatoms. The van der Waals surface area contributed by atoms with E-state index in [0.29, 0.717) is 0 Å². The molecule has 90 valence electrons. The Bertz CT molecular complexity index is 369. The first-order chi connectivity index (χ1) is 8.18. The lowest BCUT2D eigenvalue weighted by Gasteiger charge is -1.90. The minimum absolute atomic E-state index is 0.829. The van der Waals surface area contributed by atoms with Crippen LogP contribution >= 0.6 is 0 Å². The molecule has 1 nitrogen and oxygen atoms in total. The van der Waals surface area contributed by atoms with Crippen molar-refractivity contribution in [1.82, 2.24) is 0 Å². The van der Waals surface area contributed by atoms with Crippen LogP contribution in [0.1, 0.15) is 11.1 Å². The highest BCUT2D eigenvalue weighted by Crippen LogP contribution is 2.02. The normalized spacial score (nSPS) is 8.12. The summed E-state index contributed by atoms with van der Waals surface area (Å²) < 4.78 is 0. The highest BCUT2D eigenvalue weighted by atomic mass is 14.5. The van der Waals surface area contributed by atoms with Crippen LogP contribution in [0.15, 0.2) is 67.8 Å². The SMILES string of the molecule is C=C.Cc1ccc(N)cc1.Cc1ccccc1. The van der Waals surface area contributed by atoms with Crippen molar-refractivity contribution in [3.05, 3.63) is 78.9 Å². The molecule has 2 N–H and O–H groups in total. The van der Waals surface area contributed by atoms with Crippen LogP contribution in [0.4, 0.5) is 5.69 Å². The zero-order valence-electron chi connectivity index (χ0n) is 10.7. The summed E-state index contributed by atoms with van der Waals surface area (Å²) in [4.78, 5) is 0. The summed E-state index contributed by atoms with van der Waals surface area (Å²) in [5.74, 6) is 0. The molecule has 0 saturated carbocycles. The number of hydrogen-bond donors (Lipinski definition) is 1. The molecule has 0 atom stereocenters. The Morgan fingerprint density at radius 3 is 1.41 bits per heavy atom. The van der Waals surface area contributed by atoms with E-state index in [4.69, 9.17) is 5.73 Å². The fourth-order valence-corrected chi connectivity index (χ4v) is 1.10. The largest absolute Gasteiger partial charge is 0.399 e. The van der Waals surface area contributed by atoms with Crippen molar-refractivity contribution >= 4 is 5.69 Å². The van der Waals surface area contributed by atoms with Crippen LogP contribution in [0.3, 0.4) is 0 Å². The highest BCUT2D eigenvalue weighted by molar-refractivity contribution is 5.38. The summed E-state index contributed by atoms with van der Waals surface area (Å²) in [6.07, 6.45) is 0. The second-order valence-electron chi connectivity index (χ2n) is 3.57. The Balaban J connectivity index is 0.000000265. The predicted molar refractivity (Wildman–Crippen MR) is 78.0 cm³/mol. The molecule has 0 aromatic heterocycles. The molecule has 0 aliphatic carbocycles. The molecule has 0 amide bonds. The van der Waals surface area contributed by atoms with E-state index in [1.54, 1.807) is 0 Å². The lowest BCUT2D eigenvalue weighted by molar-refractivity contribution is 1.47. The number of nitrogen functional groups attached to an aromatic ring is 1. The smallest absolute Gasteiger partial charge is 0.0314 e. The Hall–Kier alpha value is -2.02. The van der Waals surface area contributed by atoms with E-state index in [2.05, 4.69) is 32.2 Å². The number of anilines is 1. The van der Waals surface area contributed by atoms with Gasteiger partial charge in [-0.05, 0) is 26.0 Å². The quantitative estimate of drug-likeness (QED) is 0.524. The third kappa shape index (κ3) is 7.86. The lowest BCUT2D eigenvalue weighted by Crippen LogP contribution is -1.81. The second-order valence-corrected chi connectivity index (χ2v) is 3.57. The Morgan fingerprint density at radius 1 is 0.706 bits per heavy atom. The van der Waals surface area contributed by atoms with E-state index >= 15 is 0 Å². The number of hydrogen-bond acceptors (Lipinski definition) is 1. The molecule has 0 aliphatic heterocycles. The second kappa shape index (κ2) is 9.22. The fourth-order valence-electron chi connectivity index (χ4n) is 1.10. The third-order valence-electron chi connectivity index (χ3n) is 2.02. The Labute approximate surface area is 105 Å². The van der Waals surface area contributed by atoms with Crippen molar-refractivity contribution in [1.29, 1.82) is 0 Å². The average Bonchev–Trinajstić information content (AvgIpc) is 2.37. The van der Waals surface area contributed by atoms with Gasteiger partial charge in [0.05, 0.1) is 0 Å². The van der Waals surface area contributed by atoms with Crippen LogP contribution in [-0.2, 0) is 0 Å². The van der Waals surface area contributed by atoms with Gasteiger partial charge in [0.15, 0.2) is 0 Å². The van der Waals surface area contributed by atoms with Gasteiger partial charge in [0.25, 0.3) is 0 Å². The first-order valence-electron chi connectivity index (χ1n) is 5.52. The highest BCUT2D eigenvalue weighted by Gasteiger charge is 1.80. The van der Waals surface area contributed by atoms with Gasteiger partial charge in [0.1, 0.15) is 0 Å². The molecule has 0 spiro atoms. The van der Waals surface area contributed by atoms with Gasteiger partial charge in [0.2, 0.25) is 0 Å². The van der Waals surface area contributed by atoms with E-state index in [9.17, 15) is 0 Å². The maximum absolute atomic E-state index is 5.43. The molecular weight excluding hydrogens is 206 g/mol. The van der Waals surface area contributed by atoms with Crippen molar-refractivity contribution in [3.63, 3.8) is 0 Å². The fraction of sp³-hybridized carbons (Fsp3) is 0.125. The maximum Gasteiger partial charge on any atom is 0.0314 e. The van der Waals surface area contributed by atoms with Gasteiger partial charge in [-0.25, -0.2) is 0 Å². The van der Waals surface area contributed by atoms with E-state index in [1.165, 1.54) is 11.1 Å². The number of benzene rings is 2. The molecule has 17 heavy (non-hydrogen) atoms. The predicted octanol–water partition coefficient (Wildman–Crippen LogP) is 4.37. The molecule has 2 aromatic carbocycles. The lowest BCUT2D eigenvalue weighted by atomic mass is 10.2. The molecule has 0 fully saturated rings. The van der Waals surface area contributed by atoms with E-state index in [1.807, 2.05) is 49.4 Å². The van der Waals surface area contributed by atoms with Gasteiger partial charge in [-0.1, -0.05) is 53.6 Å². The average molecular weight is 227 g/mol. The van der Waals surface area contributed by atoms with Crippen molar-refractivity contribution in [3.8, 4) is 0 Å². The Morgan fingerprint density at radius 2 is 1.12 bits per heavy atom. The molecule has 0 radical (unpaired) electrons. The summed E-state index contributed by atoms with van der Waals surface area (Å²) in [6, 6.07) is 18.0. The Kier molecular flexibility index (Phi) is 8.13. The van der Waals surface area contributed by atoms with Gasteiger partial charge in [-0.3, -0.25) is 0 Å². The van der Waals surface area contributed by atoms with Crippen LogP contribution in [0.5, 0.6) is 0 Å². The van der Waals surface area contributed by atoms with Gasteiger partial charge in [-0.2, -0.15) is 0 Å². The minimum Gasteiger partial charge on any atom is -0.399 e. The first-order valence-corrected chi connectivity index (χ1v) is 5.52. The molecule has 0 bridgehead atoms. The minimum atomic E-state index is 0.829. The van der Waals surface area contributed by atoms with Crippen LogP contribution in [-0.4, -0.2) is 0 Å². The molecule has 0 heterocycles. The van der Waals surface area contributed by atoms with Crippen molar-refractivity contribution in [2.24, 2.45) is 0 Å². The van der Waals surface area contributed by atoms with Crippen LogP contribution < -0.4 is 5.73 Å². The topological polar surface area (TPSA) is 26.0 Å². The molecule has 0 saturated heterocycles. The van der Waals surface area contributed by atoms with Crippen LogP contribution in [0.25, 0.3) is 0 Å². The van der Waals surface area contributed by atoms with E-state index < -0.39 is 0 Å². The van der Waals surface area contributed by atoms with Crippen molar-refractivity contribution < 1.29 is 0 Å². The first kappa shape index (κ1) is 15.0. The third-order valence-corrected chi connectivity index (χ3v) is 2.02. The zero-order valence-corrected chi connectivity index (χ0v) is 10.7. The van der Waals surface area contributed by atoms with Crippen molar-refractivity contribution in [2.45, 2.75) is 13.8 Å². The zero-order chi connectivity index (χ0) is 13.1. The van der Waals surface area contributed by atoms with Gasteiger partial charge in [-0.15, -0.1) is 13.2 Å². The maximum atomic E-state index is 5.43. The van der Waals surface area contributed by atoms with Gasteiger partial charge < -0.3 is 5.73 Å². The molecular formula is C16H21N. The number of rotatable bonds is 0. The summed E-state index contributed by atoms with van der Waals surface area (Å²) in [5, 5.41) is 0. The monoisotopic (exact) mass is 227 g/mol. The van der Waals surface area contributed by atoms with Crippen molar-refractivity contribution in [2.75, 3.05) is 5.73 Å². The molecule has 0 unspecified atom stereocenters. The number of nitrogens with two attached hydrogens (primary N) is 1. The standard InChI is InChI=1S/C7H9N.C7H8.C2H4/c1-6-2-4-7(8)5-3-6;1-7-5-3-2-4-6-7;1-2/h2-5H,8H2,1H3;2-6H,1H3;1-2H2. The van der Waals surface area contributed by atoms with Crippen LogP contribution in [0.2, 0.25) is 0 Å². The van der Waals surface area contributed by atoms with E-state index in [-0.39, 0.29) is 0 Å². The summed E-state index contributed by atoms with van der Waals surface area (Å²) in [5.41, 5.74) is 8.83. The summed E-state index contributed by atoms with van der Waals surface area (Å²) >= 11 is 0. The molecule has 2 rings (SSSR count). The van der Waals surface area contributed by atoms with E-state index in [0.717, 1.165) is 5.69 Å². The van der Waals surface area contributed by atoms with Crippen LogP contribution in [0, 0.1) is 13.8 Å². The van der Waals surface area contributed by atoms with Gasteiger partial charge in [0, 0.05) is 5.69 Å². The molecule has 2 aromatic rings. The number of aryl methyl sites for hydroxylation is 2. The molecule has 0 aliphatic rings.